The van der Waals surface area contributed by atoms with Crippen LogP contribution in [0.1, 0.15) is 11.7 Å². The average molecular weight is 138 g/mol. The maximum atomic E-state index is 10.6. The SMILES string of the molecule is CC(=O)n1ccc(=O)nc1. The van der Waals surface area contributed by atoms with E-state index < -0.39 is 0 Å². The summed E-state index contributed by atoms with van der Waals surface area (Å²) < 4.78 is 1.24. The molecule has 4 heteroatoms. The first-order valence-electron chi connectivity index (χ1n) is 2.75. The highest BCUT2D eigenvalue weighted by Crippen LogP contribution is 1.78. The van der Waals surface area contributed by atoms with Crippen LogP contribution in [0.2, 0.25) is 0 Å². The number of hydrogen-bond acceptors (Lipinski definition) is 3. The van der Waals surface area contributed by atoms with Gasteiger partial charge in [-0.15, -0.1) is 0 Å². The fourth-order valence-corrected chi connectivity index (χ4v) is 0.531. The van der Waals surface area contributed by atoms with Crippen LogP contribution in [0, 0.1) is 0 Å². The molecule has 0 amide bonds. The Hall–Kier alpha value is -1.45. The molecule has 0 N–H and O–H groups in total. The van der Waals surface area contributed by atoms with Crippen molar-refractivity contribution in [3.63, 3.8) is 0 Å². The molecule has 0 aliphatic heterocycles. The van der Waals surface area contributed by atoms with Crippen molar-refractivity contribution in [1.29, 1.82) is 0 Å². The van der Waals surface area contributed by atoms with Gasteiger partial charge in [0, 0.05) is 19.2 Å². The number of hydrogen-bond donors (Lipinski definition) is 0. The molecule has 0 aliphatic carbocycles. The van der Waals surface area contributed by atoms with E-state index in [2.05, 4.69) is 4.98 Å². The fourth-order valence-electron chi connectivity index (χ4n) is 0.531. The third-order valence-corrected chi connectivity index (χ3v) is 1.05. The van der Waals surface area contributed by atoms with Gasteiger partial charge >= 0.3 is 0 Å². The molecule has 0 fully saturated rings. The van der Waals surface area contributed by atoms with Crippen LogP contribution in [-0.2, 0) is 0 Å². The quantitative estimate of drug-likeness (QED) is 0.503. The lowest BCUT2D eigenvalue weighted by Crippen LogP contribution is -2.12. The first kappa shape index (κ1) is 6.67. The Morgan fingerprint density at radius 1 is 1.70 bits per heavy atom. The summed E-state index contributed by atoms with van der Waals surface area (Å²) in [6.45, 7) is 1.39. The predicted octanol–water partition coefficient (Wildman–Crippen LogP) is -0.0966. The zero-order valence-corrected chi connectivity index (χ0v) is 5.44. The molecule has 1 rings (SSSR count). The summed E-state index contributed by atoms with van der Waals surface area (Å²) in [5, 5.41) is 0. The van der Waals surface area contributed by atoms with Gasteiger partial charge in [-0.25, -0.2) is 0 Å². The standard InChI is InChI=1S/C6H6N2O2/c1-5(9)8-3-2-6(10)7-4-8/h2-4H,1H3. The molecule has 1 aromatic heterocycles. The van der Waals surface area contributed by atoms with Crippen LogP contribution in [0.4, 0.5) is 0 Å². The summed E-state index contributed by atoms with van der Waals surface area (Å²) in [6.07, 6.45) is 2.59. The van der Waals surface area contributed by atoms with E-state index in [1.807, 2.05) is 0 Å². The van der Waals surface area contributed by atoms with E-state index in [0.717, 1.165) is 0 Å². The lowest BCUT2D eigenvalue weighted by Gasteiger charge is -1.94. The van der Waals surface area contributed by atoms with Gasteiger partial charge in [-0.3, -0.25) is 14.2 Å². The van der Waals surface area contributed by atoms with E-state index in [4.69, 9.17) is 0 Å². The van der Waals surface area contributed by atoms with Gasteiger partial charge in [0.15, 0.2) is 0 Å². The van der Waals surface area contributed by atoms with Crippen molar-refractivity contribution >= 4 is 5.91 Å². The van der Waals surface area contributed by atoms with Crippen LogP contribution >= 0.6 is 0 Å². The van der Waals surface area contributed by atoms with Crippen molar-refractivity contribution in [1.82, 2.24) is 9.55 Å². The number of nitrogens with zero attached hydrogens (tertiary/aromatic N) is 2. The van der Waals surface area contributed by atoms with E-state index in [0.29, 0.717) is 0 Å². The van der Waals surface area contributed by atoms with Crippen molar-refractivity contribution < 1.29 is 4.79 Å². The molecule has 0 radical (unpaired) electrons. The highest BCUT2D eigenvalue weighted by Gasteiger charge is 1.91. The fraction of sp³-hybridized carbons (Fsp3) is 0.167. The highest BCUT2D eigenvalue weighted by molar-refractivity contribution is 5.75. The van der Waals surface area contributed by atoms with Gasteiger partial charge in [-0.1, -0.05) is 0 Å². The first-order valence-corrected chi connectivity index (χ1v) is 2.75. The average Bonchev–Trinajstić information content (AvgIpc) is 1.88. The van der Waals surface area contributed by atoms with Gasteiger partial charge < -0.3 is 0 Å². The van der Waals surface area contributed by atoms with Crippen molar-refractivity contribution in [3.05, 3.63) is 28.9 Å². The van der Waals surface area contributed by atoms with Crippen LogP contribution in [0.5, 0.6) is 0 Å². The number of aromatic nitrogens is 2. The van der Waals surface area contributed by atoms with Crippen molar-refractivity contribution in [2.45, 2.75) is 6.92 Å². The molecule has 0 unspecified atom stereocenters. The lowest BCUT2D eigenvalue weighted by molar-refractivity contribution is 0.0934. The van der Waals surface area contributed by atoms with Gasteiger partial charge in [-0.2, -0.15) is 4.98 Å². The molecule has 0 bridgehead atoms. The highest BCUT2D eigenvalue weighted by atomic mass is 16.2. The zero-order valence-electron chi connectivity index (χ0n) is 5.44. The van der Waals surface area contributed by atoms with Crippen molar-refractivity contribution in [2.24, 2.45) is 0 Å². The van der Waals surface area contributed by atoms with Crippen LogP contribution in [0.25, 0.3) is 0 Å². The first-order chi connectivity index (χ1) is 4.70. The monoisotopic (exact) mass is 138 g/mol. The molecule has 52 valence electrons. The van der Waals surface area contributed by atoms with E-state index in [1.54, 1.807) is 0 Å². The Morgan fingerprint density at radius 3 is 2.80 bits per heavy atom. The molecule has 0 saturated carbocycles. The minimum absolute atomic E-state index is 0.160. The van der Waals surface area contributed by atoms with Crippen molar-refractivity contribution in [3.8, 4) is 0 Å². The van der Waals surface area contributed by atoms with Gasteiger partial charge in [-0.05, 0) is 0 Å². The zero-order chi connectivity index (χ0) is 7.56. The van der Waals surface area contributed by atoms with E-state index in [1.165, 1.54) is 30.1 Å². The van der Waals surface area contributed by atoms with E-state index in [9.17, 15) is 9.59 Å². The lowest BCUT2D eigenvalue weighted by atomic mass is 10.6. The Morgan fingerprint density at radius 2 is 2.40 bits per heavy atom. The maximum Gasteiger partial charge on any atom is 0.272 e. The molecule has 1 heterocycles. The smallest absolute Gasteiger partial charge is 0.272 e. The number of rotatable bonds is 0. The molecule has 1 aromatic rings. The van der Waals surface area contributed by atoms with Gasteiger partial charge in [0.05, 0.1) is 0 Å². The largest absolute Gasteiger partial charge is 0.278 e. The van der Waals surface area contributed by atoms with E-state index >= 15 is 0 Å². The summed E-state index contributed by atoms with van der Waals surface area (Å²) in [4.78, 5) is 24.4. The van der Waals surface area contributed by atoms with E-state index in [-0.39, 0.29) is 11.5 Å². The second-order valence-electron chi connectivity index (χ2n) is 1.82. The number of carbonyl (C=O) groups is 1. The van der Waals surface area contributed by atoms with Crippen LogP contribution in [-0.4, -0.2) is 15.5 Å². The van der Waals surface area contributed by atoms with Gasteiger partial charge in [0.2, 0.25) is 5.91 Å². The summed E-state index contributed by atoms with van der Waals surface area (Å²) in [6, 6.07) is 1.24. The second-order valence-corrected chi connectivity index (χ2v) is 1.82. The maximum absolute atomic E-state index is 10.6. The van der Waals surface area contributed by atoms with Crippen LogP contribution in [0.15, 0.2) is 23.4 Å². The molecular weight excluding hydrogens is 132 g/mol. The molecular formula is C6H6N2O2. The summed E-state index contributed by atoms with van der Waals surface area (Å²) in [5.74, 6) is -0.160. The molecule has 0 atom stereocenters. The Kier molecular flexibility index (Phi) is 1.62. The van der Waals surface area contributed by atoms with Crippen LogP contribution in [0.3, 0.4) is 0 Å². The molecule has 0 aromatic carbocycles. The second kappa shape index (κ2) is 2.43. The summed E-state index contributed by atoms with van der Waals surface area (Å²) in [7, 11) is 0. The van der Waals surface area contributed by atoms with Crippen LogP contribution < -0.4 is 5.56 Å². The Bertz CT molecular complexity index is 282. The Labute approximate surface area is 57.1 Å². The topological polar surface area (TPSA) is 52.0 Å². The number of carbonyl (C=O) groups excluding carboxylic acids is 1. The molecule has 4 nitrogen and oxygen atoms in total. The predicted molar refractivity (Wildman–Crippen MR) is 34.8 cm³/mol. The molecule has 0 aliphatic rings. The summed E-state index contributed by atoms with van der Waals surface area (Å²) >= 11 is 0. The van der Waals surface area contributed by atoms with Gasteiger partial charge in [0.25, 0.3) is 5.56 Å². The molecule has 0 saturated heterocycles. The Balaban J connectivity index is 3.12. The minimum atomic E-state index is -0.336. The van der Waals surface area contributed by atoms with Gasteiger partial charge in [0.1, 0.15) is 6.33 Å². The summed E-state index contributed by atoms with van der Waals surface area (Å²) in [5.41, 5.74) is -0.336. The molecule has 10 heavy (non-hydrogen) atoms. The normalized spacial score (nSPS) is 9.30. The van der Waals surface area contributed by atoms with Crippen molar-refractivity contribution in [2.75, 3.05) is 0 Å². The minimum Gasteiger partial charge on any atom is -0.278 e. The third kappa shape index (κ3) is 1.28. The third-order valence-electron chi connectivity index (χ3n) is 1.05. The molecule has 0 spiro atoms.